The van der Waals surface area contributed by atoms with Gasteiger partial charge < -0.3 is 10.0 Å². The van der Waals surface area contributed by atoms with Crippen LogP contribution < -0.4 is 0 Å². The first kappa shape index (κ1) is 15.8. The molecule has 1 aromatic carbocycles. The number of nitrogens with zero attached hydrogens (tertiary/aromatic N) is 2. The summed E-state index contributed by atoms with van der Waals surface area (Å²) in [6, 6.07) is 3.81. The van der Waals surface area contributed by atoms with Crippen molar-refractivity contribution in [2.45, 2.75) is 0 Å². The third-order valence-electron chi connectivity index (χ3n) is 2.26. The maximum absolute atomic E-state index is 12.2. The molecule has 1 aromatic rings. The van der Waals surface area contributed by atoms with Gasteiger partial charge in [0.2, 0.25) is 5.78 Å². The Kier molecular flexibility index (Phi) is 4.98. The van der Waals surface area contributed by atoms with Gasteiger partial charge in [0.15, 0.2) is 0 Å². The first-order valence-corrected chi connectivity index (χ1v) is 6.13. The molecule has 0 aromatic heterocycles. The Morgan fingerprint density at radius 2 is 2.00 bits per heavy atom. The van der Waals surface area contributed by atoms with Crippen LogP contribution in [0.4, 0.5) is 5.69 Å². The van der Waals surface area contributed by atoms with Crippen molar-refractivity contribution in [1.82, 2.24) is 4.90 Å². The molecule has 0 spiro atoms. The third-order valence-corrected chi connectivity index (χ3v) is 2.76. The molecule has 106 valence electrons. The van der Waals surface area contributed by atoms with E-state index in [1.165, 1.54) is 17.0 Å². The van der Waals surface area contributed by atoms with Crippen LogP contribution in [-0.2, 0) is 4.79 Å². The molecule has 7 nitrogen and oxygen atoms in total. The molecule has 0 saturated heterocycles. The minimum atomic E-state index is -1.44. The van der Waals surface area contributed by atoms with Crippen molar-refractivity contribution in [3.8, 4) is 0 Å². The number of carbonyl (C=O) groups excluding carboxylic acids is 1. The topological polar surface area (TPSA) is 101 Å². The van der Waals surface area contributed by atoms with Gasteiger partial charge in [0.05, 0.1) is 4.92 Å². The fraction of sp³-hybridized carbons (Fsp3) is 0.167. The van der Waals surface area contributed by atoms with Gasteiger partial charge in [-0.1, -0.05) is 15.9 Å². The van der Waals surface area contributed by atoms with Crippen molar-refractivity contribution >= 4 is 33.4 Å². The number of benzene rings is 1. The van der Waals surface area contributed by atoms with E-state index in [-0.39, 0.29) is 5.56 Å². The van der Waals surface area contributed by atoms with E-state index in [0.717, 1.165) is 12.3 Å². The number of hydrogen-bond donors (Lipinski definition) is 1. The van der Waals surface area contributed by atoms with Crippen molar-refractivity contribution in [1.29, 1.82) is 0 Å². The molecular weight excluding hydrogens is 332 g/mol. The second kappa shape index (κ2) is 6.29. The molecule has 8 heteroatoms. The molecule has 0 radical (unpaired) electrons. The Morgan fingerprint density at radius 3 is 2.45 bits per heavy atom. The molecule has 0 aliphatic carbocycles. The van der Waals surface area contributed by atoms with Crippen LogP contribution in [0, 0.1) is 10.1 Å². The maximum Gasteiger partial charge on any atom is 0.341 e. The average molecular weight is 343 g/mol. The monoisotopic (exact) mass is 342 g/mol. The summed E-state index contributed by atoms with van der Waals surface area (Å²) in [5.74, 6) is -2.36. The molecule has 0 fully saturated rings. The Bertz CT molecular complexity index is 610. The number of hydrogen-bond acceptors (Lipinski definition) is 5. The zero-order valence-electron chi connectivity index (χ0n) is 10.7. The Balaban J connectivity index is 3.40. The van der Waals surface area contributed by atoms with Gasteiger partial charge in [-0.3, -0.25) is 14.9 Å². The molecule has 0 amide bonds. The zero-order chi connectivity index (χ0) is 15.4. The number of carbonyl (C=O) groups is 2. The van der Waals surface area contributed by atoms with Crippen LogP contribution in [0.5, 0.6) is 0 Å². The largest absolute Gasteiger partial charge is 0.477 e. The first-order valence-electron chi connectivity index (χ1n) is 5.34. The molecule has 0 aliphatic heterocycles. The van der Waals surface area contributed by atoms with Crippen molar-refractivity contribution in [2.24, 2.45) is 0 Å². The molecule has 0 saturated carbocycles. The first-order chi connectivity index (χ1) is 9.23. The number of nitro benzene ring substituents is 1. The summed E-state index contributed by atoms with van der Waals surface area (Å²) in [7, 11) is 3.10. The lowest BCUT2D eigenvalue weighted by Gasteiger charge is -2.08. The summed E-state index contributed by atoms with van der Waals surface area (Å²) < 4.78 is 0.425. The van der Waals surface area contributed by atoms with E-state index in [4.69, 9.17) is 5.11 Å². The quantitative estimate of drug-likeness (QED) is 0.219. The van der Waals surface area contributed by atoms with Crippen LogP contribution in [0.25, 0.3) is 0 Å². The summed E-state index contributed by atoms with van der Waals surface area (Å²) in [4.78, 5) is 34.9. The summed E-state index contributed by atoms with van der Waals surface area (Å²) in [6.07, 6.45) is 1.11. The summed E-state index contributed by atoms with van der Waals surface area (Å²) in [6.45, 7) is 0. The van der Waals surface area contributed by atoms with Crippen molar-refractivity contribution in [3.05, 3.63) is 50.1 Å². The van der Waals surface area contributed by atoms with Crippen LogP contribution in [0.1, 0.15) is 10.4 Å². The predicted molar refractivity (Wildman–Crippen MR) is 74.5 cm³/mol. The SMILES string of the molecule is CN(C)/C=C(\C(=O)O)C(=O)c1ccc(Br)cc1[N+](=O)[O-]. The number of nitro groups is 1. The second-order valence-corrected chi connectivity index (χ2v) is 4.97. The second-order valence-electron chi connectivity index (χ2n) is 4.06. The highest BCUT2D eigenvalue weighted by molar-refractivity contribution is 9.10. The Labute approximate surface area is 122 Å². The lowest BCUT2D eigenvalue weighted by Crippen LogP contribution is -2.17. The molecule has 0 unspecified atom stereocenters. The van der Waals surface area contributed by atoms with Crippen LogP contribution in [0.15, 0.2) is 34.4 Å². The zero-order valence-corrected chi connectivity index (χ0v) is 12.2. The fourth-order valence-electron chi connectivity index (χ4n) is 1.46. The van der Waals surface area contributed by atoms with Crippen LogP contribution in [0.3, 0.4) is 0 Å². The molecule has 0 aliphatic rings. The highest BCUT2D eigenvalue weighted by Gasteiger charge is 2.27. The number of rotatable bonds is 5. The molecule has 0 atom stereocenters. The molecular formula is C12H11BrN2O5. The van der Waals surface area contributed by atoms with Gasteiger partial charge in [-0.05, 0) is 12.1 Å². The number of aliphatic carboxylic acids is 1. The van der Waals surface area contributed by atoms with E-state index in [2.05, 4.69) is 15.9 Å². The van der Waals surface area contributed by atoms with Gasteiger partial charge in [0.1, 0.15) is 11.1 Å². The van der Waals surface area contributed by atoms with Gasteiger partial charge >= 0.3 is 5.97 Å². The van der Waals surface area contributed by atoms with Crippen LogP contribution in [-0.4, -0.2) is 40.8 Å². The Morgan fingerprint density at radius 1 is 1.40 bits per heavy atom. The number of Topliss-reactive ketones (excluding diaryl/α,β-unsaturated/α-hetero) is 1. The van der Waals surface area contributed by atoms with Gasteiger partial charge in [-0.25, -0.2) is 4.79 Å². The van der Waals surface area contributed by atoms with E-state index in [9.17, 15) is 19.7 Å². The van der Waals surface area contributed by atoms with Crippen molar-refractivity contribution in [3.63, 3.8) is 0 Å². The molecule has 20 heavy (non-hydrogen) atoms. The van der Waals surface area contributed by atoms with E-state index in [1.807, 2.05) is 0 Å². The van der Waals surface area contributed by atoms with Crippen LogP contribution in [0.2, 0.25) is 0 Å². The molecule has 1 N–H and O–H groups in total. The number of carboxylic acids is 1. The smallest absolute Gasteiger partial charge is 0.341 e. The Hall–Kier alpha value is -2.22. The number of carboxylic acid groups (broad SMARTS) is 1. The van der Waals surface area contributed by atoms with Gasteiger partial charge in [-0.15, -0.1) is 0 Å². The van der Waals surface area contributed by atoms with E-state index < -0.39 is 27.9 Å². The van der Waals surface area contributed by atoms with Gasteiger partial charge in [0, 0.05) is 30.8 Å². The van der Waals surface area contributed by atoms with Crippen molar-refractivity contribution in [2.75, 3.05) is 14.1 Å². The van der Waals surface area contributed by atoms with Crippen molar-refractivity contribution < 1.29 is 19.6 Å². The van der Waals surface area contributed by atoms with E-state index in [1.54, 1.807) is 14.1 Å². The average Bonchev–Trinajstić information content (AvgIpc) is 2.34. The van der Waals surface area contributed by atoms with E-state index in [0.29, 0.717) is 4.47 Å². The van der Waals surface area contributed by atoms with Gasteiger partial charge in [-0.2, -0.15) is 0 Å². The molecule has 0 bridgehead atoms. The minimum Gasteiger partial charge on any atom is -0.477 e. The minimum absolute atomic E-state index is 0.270. The lowest BCUT2D eigenvalue weighted by atomic mass is 10.0. The van der Waals surface area contributed by atoms with E-state index >= 15 is 0 Å². The maximum atomic E-state index is 12.2. The summed E-state index contributed by atoms with van der Waals surface area (Å²) in [5, 5.41) is 20.0. The molecule has 0 heterocycles. The summed E-state index contributed by atoms with van der Waals surface area (Å²) in [5.41, 5.74) is -1.26. The molecule has 1 rings (SSSR count). The fourth-order valence-corrected chi connectivity index (χ4v) is 1.81. The lowest BCUT2D eigenvalue weighted by molar-refractivity contribution is -0.385. The normalized spacial score (nSPS) is 11.1. The third kappa shape index (κ3) is 3.64. The predicted octanol–water partition coefficient (Wildman–Crippen LogP) is 2.07. The summed E-state index contributed by atoms with van der Waals surface area (Å²) >= 11 is 3.07. The highest BCUT2D eigenvalue weighted by atomic mass is 79.9. The van der Waals surface area contributed by atoms with Gasteiger partial charge in [0.25, 0.3) is 5.69 Å². The standard InChI is InChI=1S/C12H11BrN2O5/c1-14(2)6-9(12(17)18)11(16)8-4-3-7(13)5-10(8)15(19)20/h3-6H,1-2H3,(H,17,18)/b9-6-. The number of ketones is 1. The highest BCUT2D eigenvalue weighted by Crippen LogP contribution is 2.25. The van der Waals surface area contributed by atoms with Crippen LogP contribution >= 0.6 is 15.9 Å². The number of halogens is 1.